The second-order valence-corrected chi connectivity index (χ2v) is 25.2. The van der Waals surface area contributed by atoms with Crippen LogP contribution in [-0.4, -0.2) is 49.3 Å². The van der Waals surface area contributed by atoms with Gasteiger partial charge in [0, 0.05) is 19.4 Å². The van der Waals surface area contributed by atoms with Crippen LogP contribution in [0.4, 0.5) is 0 Å². The van der Waals surface area contributed by atoms with Crippen LogP contribution in [-0.2, 0) is 32.7 Å². The molecule has 0 rings (SSSR count). The normalized spacial score (nSPS) is 12.8. The number of carbonyl (C=O) groups excluding carboxylic acids is 2. The Hall–Kier alpha value is -0.990. The number of ether oxygens (including phenoxy) is 2. The molecule has 0 aromatic heterocycles. The molecule has 0 bridgehead atoms. The fourth-order valence-corrected chi connectivity index (χ4v) is 11.6. The van der Waals surface area contributed by atoms with E-state index in [0.717, 1.165) is 32.1 Å². The number of nitrogens with two attached hydrogens (primary N) is 1. The average Bonchev–Trinajstić information content (AvgIpc) is 3.42. The number of phosphoric acid groups is 1. The van der Waals surface area contributed by atoms with Crippen LogP contribution < -0.4 is 5.73 Å². The molecule has 0 radical (unpaired) electrons. The second-order valence-electron chi connectivity index (χ2n) is 23.8. The maximum atomic E-state index is 12.8. The molecule has 0 fully saturated rings. The lowest BCUT2D eigenvalue weighted by Gasteiger charge is -2.19. The second kappa shape index (κ2) is 64.2. The smallest absolute Gasteiger partial charge is 0.462 e. The van der Waals surface area contributed by atoms with E-state index in [1.807, 2.05) is 0 Å². The van der Waals surface area contributed by atoms with Crippen molar-refractivity contribution in [3.8, 4) is 0 Å². The van der Waals surface area contributed by atoms with Gasteiger partial charge in [0.25, 0.3) is 0 Å². The molecular weight excluding hydrogens is 978 g/mol. The van der Waals surface area contributed by atoms with Crippen molar-refractivity contribution in [2.24, 2.45) is 5.73 Å². The van der Waals surface area contributed by atoms with Crippen molar-refractivity contribution < 1.29 is 37.6 Å². The highest BCUT2D eigenvalue weighted by Gasteiger charge is 2.26. The number of esters is 2. The number of unbranched alkanes of at least 4 members (excludes halogenated alkanes) is 54. The van der Waals surface area contributed by atoms with Crippen molar-refractivity contribution in [2.75, 3.05) is 26.4 Å². The Morgan fingerprint density at radius 1 is 0.338 bits per heavy atom. The van der Waals surface area contributed by atoms with Gasteiger partial charge in [0.05, 0.1) is 13.2 Å². The molecular formula is C67H134NO8P. The van der Waals surface area contributed by atoms with Gasteiger partial charge in [-0.3, -0.25) is 18.6 Å². The standard InChI is InChI=1S/C67H134NO8P/c1-3-5-7-9-11-13-15-17-19-21-23-25-27-28-29-30-31-32-33-34-35-36-37-38-40-42-44-46-48-50-52-54-56-58-60-67(70)76-65(64-75-77(71,72)74-62-61-68)63-73-66(69)59-57-55-53-51-49-47-45-43-41-39-26-24-22-20-18-16-14-12-10-8-6-4-2/h65H,3-64,68H2,1-2H3,(H,71,72). The van der Waals surface area contributed by atoms with Crippen molar-refractivity contribution in [1.82, 2.24) is 0 Å². The van der Waals surface area contributed by atoms with E-state index in [1.165, 1.54) is 321 Å². The fourth-order valence-electron chi connectivity index (χ4n) is 10.9. The molecule has 10 heteroatoms. The molecule has 0 heterocycles. The van der Waals surface area contributed by atoms with Crippen LogP contribution in [0.5, 0.6) is 0 Å². The molecule has 0 aliphatic heterocycles. The van der Waals surface area contributed by atoms with Gasteiger partial charge in [-0.2, -0.15) is 0 Å². The summed E-state index contributed by atoms with van der Waals surface area (Å²) < 4.78 is 33.2. The summed E-state index contributed by atoms with van der Waals surface area (Å²) in [6.45, 7) is 3.84. The first-order valence-corrected chi connectivity index (χ1v) is 36.0. The summed E-state index contributed by atoms with van der Waals surface area (Å²) in [6, 6.07) is 0. The van der Waals surface area contributed by atoms with E-state index in [4.69, 9.17) is 24.3 Å². The molecule has 0 aliphatic rings. The molecule has 0 saturated carbocycles. The van der Waals surface area contributed by atoms with E-state index in [2.05, 4.69) is 13.8 Å². The third-order valence-electron chi connectivity index (χ3n) is 16.0. The Morgan fingerprint density at radius 3 is 0.792 bits per heavy atom. The molecule has 0 aromatic rings. The van der Waals surface area contributed by atoms with Crippen LogP contribution in [0.2, 0.25) is 0 Å². The molecule has 0 amide bonds. The third kappa shape index (κ3) is 64.1. The monoisotopic (exact) mass is 1110 g/mol. The lowest BCUT2D eigenvalue weighted by molar-refractivity contribution is -0.161. The molecule has 2 unspecified atom stereocenters. The third-order valence-corrected chi connectivity index (χ3v) is 17.0. The number of rotatable bonds is 67. The largest absolute Gasteiger partial charge is 0.472 e. The van der Waals surface area contributed by atoms with Crippen molar-refractivity contribution >= 4 is 19.8 Å². The first kappa shape index (κ1) is 76.0. The molecule has 0 saturated heterocycles. The minimum atomic E-state index is -4.38. The zero-order valence-electron chi connectivity index (χ0n) is 51.7. The SMILES string of the molecule is CCCCCCCCCCCCCCCCCCCCCCCCCCCCCCCCCCCCC(=O)OC(COC(=O)CCCCCCCCCCCCCCCCCCCCCCCC)COP(=O)(O)OCCN. The van der Waals surface area contributed by atoms with Crippen LogP contribution in [0, 0.1) is 0 Å². The van der Waals surface area contributed by atoms with E-state index in [9.17, 15) is 19.0 Å². The zero-order chi connectivity index (χ0) is 55.9. The predicted molar refractivity (Wildman–Crippen MR) is 331 cm³/mol. The molecule has 77 heavy (non-hydrogen) atoms. The van der Waals surface area contributed by atoms with Crippen molar-refractivity contribution in [1.29, 1.82) is 0 Å². The molecule has 2 atom stereocenters. The van der Waals surface area contributed by atoms with Crippen LogP contribution in [0.15, 0.2) is 0 Å². The van der Waals surface area contributed by atoms with Gasteiger partial charge in [0.1, 0.15) is 6.61 Å². The average molecular weight is 1110 g/mol. The van der Waals surface area contributed by atoms with Crippen molar-refractivity contribution in [3.05, 3.63) is 0 Å². The van der Waals surface area contributed by atoms with Gasteiger partial charge in [-0.25, -0.2) is 4.57 Å². The van der Waals surface area contributed by atoms with Crippen LogP contribution in [0.1, 0.15) is 386 Å². The first-order chi connectivity index (χ1) is 37.8. The highest BCUT2D eigenvalue weighted by Crippen LogP contribution is 2.43. The van der Waals surface area contributed by atoms with Crippen LogP contribution in [0.3, 0.4) is 0 Å². The molecule has 0 aromatic carbocycles. The topological polar surface area (TPSA) is 134 Å². The van der Waals surface area contributed by atoms with Crippen LogP contribution >= 0.6 is 7.82 Å². The summed E-state index contributed by atoms with van der Waals surface area (Å²) in [4.78, 5) is 35.3. The van der Waals surface area contributed by atoms with E-state index < -0.39 is 26.5 Å². The number of hydrogen-bond acceptors (Lipinski definition) is 8. The molecule has 0 spiro atoms. The van der Waals surface area contributed by atoms with Gasteiger partial charge < -0.3 is 20.1 Å². The summed E-state index contributed by atoms with van der Waals surface area (Å²) >= 11 is 0. The van der Waals surface area contributed by atoms with E-state index in [0.29, 0.717) is 12.8 Å². The van der Waals surface area contributed by atoms with Gasteiger partial charge in [0.15, 0.2) is 6.10 Å². The Kier molecular flexibility index (Phi) is 63.4. The summed E-state index contributed by atoms with van der Waals surface area (Å²) in [7, 11) is -4.38. The summed E-state index contributed by atoms with van der Waals surface area (Å²) in [6.07, 6.45) is 74.9. The minimum absolute atomic E-state index is 0.0588. The summed E-state index contributed by atoms with van der Waals surface area (Å²) in [5.41, 5.74) is 5.40. The number of carbonyl (C=O) groups is 2. The minimum Gasteiger partial charge on any atom is -0.462 e. The first-order valence-electron chi connectivity index (χ1n) is 34.5. The van der Waals surface area contributed by atoms with Gasteiger partial charge in [-0.15, -0.1) is 0 Å². The maximum Gasteiger partial charge on any atom is 0.472 e. The Balaban J connectivity index is 3.78. The maximum absolute atomic E-state index is 12.8. The Morgan fingerprint density at radius 2 is 0.558 bits per heavy atom. The van der Waals surface area contributed by atoms with Crippen molar-refractivity contribution in [3.63, 3.8) is 0 Å². The molecule has 9 nitrogen and oxygen atoms in total. The molecule has 0 aliphatic carbocycles. The zero-order valence-corrected chi connectivity index (χ0v) is 52.6. The van der Waals surface area contributed by atoms with Gasteiger partial charge in [-0.1, -0.05) is 361 Å². The summed E-state index contributed by atoms with van der Waals surface area (Å²) in [5, 5.41) is 0. The predicted octanol–water partition coefficient (Wildman–Crippen LogP) is 22.2. The highest BCUT2D eigenvalue weighted by atomic mass is 31.2. The van der Waals surface area contributed by atoms with E-state index in [-0.39, 0.29) is 32.1 Å². The Bertz CT molecular complexity index is 1220. The van der Waals surface area contributed by atoms with Gasteiger partial charge in [0.2, 0.25) is 0 Å². The van der Waals surface area contributed by atoms with Gasteiger partial charge >= 0.3 is 19.8 Å². The Labute approximate surface area is 479 Å². The van der Waals surface area contributed by atoms with Crippen molar-refractivity contribution in [2.45, 2.75) is 392 Å². The lowest BCUT2D eigenvalue weighted by atomic mass is 10.0. The van der Waals surface area contributed by atoms with E-state index >= 15 is 0 Å². The highest BCUT2D eigenvalue weighted by molar-refractivity contribution is 7.47. The number of hydrogen-bond donors (Lipinski definition) is 2. The summed E-state index contributed by atoms with van der Waals surface area (Å²) in [5.74, 6) is -0.798. The number of phosphoric ester groups is 1. The van der Waals surface area contributed by atoms with Gasteiger partial charge in [-0.05, 0) is 12.8 Å². The molecule has 3 N–H and O–H groups in total. The fraction of sp³-hybridized carbons (Fsp3) is 0.970. The molecule has 460 valence electrons. The lowest BCUT2D eigenvalue weighted by Crippen LogP contribution is -2.29. The van der Waals surface area contributed by atoms with Crippen LogP contribution in [0.25, 0.3) is 0 Å². The quantitative estimate of drug-likeness (QED) is 0.0347. The van der Waals surface area contributed by atoms with E-state index in [1.54, 1.807) is 0 Å².